The summed E-state index contributed by atoms with van der Waals surface area (Å²) in [5.41, 5.74) is 3.12. The highest BCUT2D eigenvalue weighted by Gasteiger charge is 2.47. The molecule has 0 radical (unpaired) electrons. The molecule has 2 aromatic rings. The third-order valence-corrected chi connectivity index (χ3v) is 6.40. The molecular weight excluding hydrogens is 394 g/mol. The molecule has 0 aromatic heterocycles. The Bertz CT molecular complexity index is 969. The number of benzene rings is 2. The second-order valence-corrected chi connectivity index (χ2v) is 8.44. The van der Waals surface area contributed by atoms with Crippen LogP contribution in [0.25, 0.3) is 0 Å². The van der Waals surface area contributed by atoms with Crippen molar-refractivity contribution in [2.24, 2.45) is 0 Å². The molecule has 164 valence electrons. The van der Waals surface area contributed by atoms with E-state index in [0.717, 1.165) is 32.7 Å². The van der Waals surface area contributed by atoms with E-state index >= 15 is 0 Å². The summed E-state index contributed by atoms with van der Waals surface area (Å²) in [7, 11) is 3.10. The Morgan fingerprint density at radius 2 is 1.77 bits per heavy atom. The highest BCUT2D eigenvalue weighted by molar-refractivity contribution is 6.22. The second-order valence-electron chi connectivity index (χ2n) is 8.44. The summed E-state index contributed by atoms with van der Waals surface area (Å²) in [6, 6.07) is 13.5. The van der Waals surface area contributed by atoms with Gasteiger partial charge in [0.1, 0.15) is 44.2 Å². The SMILES string of the molecule is COc1ccc(N2C(=O)C[C@@H]([NH+]3CC[NH+](Cc4cccc(C)c4)CC3)C2=O)c(OC)c1. The first-order valence-corrected chi connectivity index (χ1v) is 10.8. The maximum atomic E-state index is 13.2. The van der Waals surface area contributed by atoms with Gasteiger partial charge in [-0.3, -0.25) is 9.59 Å². The fraction of sp³-hybridized carbons (Fsp3) is 0.417. The Morgan fingerprint density at radius 3 is 2.45 bits per heavy atom. The number of aryl methyl sites for hydroxylation is 1. The summed E-state index contributed by atoms with van der Waals surface area (Å²) < 4.78 is 10.6. The third kappa shape index (κ3) is 4.43. The van der Waals surface area contributed by atoms with E-state index < -0.39 is 0 Å². The molecule has 2 aliphatic rings. The molecule has 2 N–H and O–H groups in total. The average Bonchev–Trinajstić information content (AvgIpc) is 3.07. The van der Waals surface area contributed by atoms with Crippen molar-refractivity contribution in [3.05, 3.63) is 53.6 Å². The molecule has 2 aromatic carbocycles. The van der Waals surface area contributed by atoms with Gasteiger partial charge in [-0.1, -0.05) is 29.8 Å². The van der Waals surface area contributed by atoms with Gasteiger partial charge >= 0.3 is 0 Å². The zero-order valence-electron chi connectivity index (χ0n) is 18.4. The molecule has 4 rings (SSSR count). The molecule has 0 spiro atoms. The number of nitrogens with one attached hydrogen (secondary N) is 2. The largest absolute Gasteiger partial charge is 0.497 e. The van der Waals surface area contributed by atoms with Crippen molar-refractivity contribution in [2.75, 3.05) is 45.3 Å². The van der Waals surface area contributed by atoms with Gasteiger partial charge in [0.15, 0.2) is 6.04 Å². The summed E-state index contributed by atoms with van der Waals surface area (Å²) in [6.45, 7) is 6.88. The van der Waals surface area contributed by atoms with Crippen LogP contribution in [0.1, 0.15) is 17.5 Å². The molecule has 1 atom stereocenters. The van der Waals surface area contributed by atoms with Crippen molar-refractivity contribution in [3.8, 4) is 11.5 Å². The zero-order valence-corrected chi connectivity index (χ0v) is 18.4. The lowest BCUT2D eigenvalue weighted by Crippen LogP contribution is -3.29. The molecule has 2 amide bonds. The van der Waals surface area contributed by atoms with Gasteiger partial charge in [0, 0.05) is 11.6 Å². The number of carbonyl (C=O) groups excluding carboxylic acids is 2. The number of hydrogen-bond acceptors (Lipinski definition) is 4. The van der Waals surface area contributed by atoms with Crippen LogP contribution in [0.2, 0.25) is 0 Å². The molecule has 7 nitrogen and oxygen atoms in total. The van der Waals surface area contributed by atoms with Crippen LogP contribution in [0.4, 0.5) is 5.69 Å². The van der Waals surface area contributed by atoms with Crippen LogP contribution >= 0.6 is 0 Å². The molecule has 0 saturated carbocycles. The van der Waals surface area contributed by atoms with Crippen molar-refractivity contribution in [3.63, 3.8) is 0 Å². The number of methoxy groups -OCH3 is 2. The number of hydrogen-bond donors (Lipinski definition) is 2. The van der Waals surface area contributed by atoms with Gasteiger partial charge < -0.3 is 19.3 Å². The van der Waals surface area contributed by atoms with Crippen molar-refractivity contribution in [1.29, 1.82) is 0 Å². The van der Waals surface area contributed by atoms with Crippen LogP contribution in [0.3, 0.4) is 0 Å². The maximum absolute atomic E-state index is 13.2. The van der Waals surface area contributed by atoms with Gasteiger partial charge in [-0.25, -0.2) is 4.90 Å². The van der Waals surface area contributed by atoms with E-state index in [1.54, 1.807) is 25.3 Å². The zero-order chi connectivity index (χ0) is 22.0. The summed E-state index contributed by atoms with van der Waals surface area (Å²) in [5.74, 6) is 0.782. The number of anilines is 1. The highest BCUT2D eigenvalue weighted by Crippen LogP contribution is 2.34. The van der Waals surface area contributed by atoms with E-state index in [2.05, 4.69) is 31.2 Å². The van der Waals surface area contributed by atoms with E-state index in [1.165, 1.54) is 32.9 Å². The standard InChI is InChI=1S/C24H29N3O4/c1-17-5-4-6-18(13-17)16-25-9-11-26(12-10-25)21-15-23(28)27(24(21)29)20-8-7-19(30-2)14-22(20)31-3/h4-8,13-14,21H,9-12,15-16H2,1-3H3/p+2/t21-/m1/s1. The van der Waals surface area contributed by atoms with Crippen molar-refractivity contribution >= 4 is 17.5 Å². The van der Waals surface area contributed by atoms with Crippen molar-refractivity contribution < 1.29 is 28.9 Å². The van der Waals surface area contributed by atoms with E-state index in [1.807, 2.05) is 0 Å². The van der Waals surface area contributed by atoms with E-state index in [0.29, 0.717) is 17.2 Å². The molecule has 2 aliphatic heterocycles. The van der Waals surface area contributed by atoms with Crippen molar-refractivity contribution in [2.45, 2.75) is 25.9 Å². The Hall–Kier alpha value is -2.90. The second kappa shape index (κ2) is 9.08. The van der Waals surface area contributed by atoms with Gasteiger partial charge in [-0.05, 0) is 19.1 Å². The van der Waals surface area contributed by atoms with Crippen LogP contribution < -0.4 is 24.2 Å². The van der Waals surface area contributed by atoms with Gasteiger partial charge in [-0.15, -0.1) is 0 Å². The van der Waals surface area contributed by atoms with Crippen LogP contribution in [0, 0.1) is 6.92 Å². The lowest BCUT2D eigenvalue weighted by molar-refractivity contribution is -1.02. The summed E-state index contributed by atoms with van der Waals surface area (Å²) in [4.78, 5) is 30.1. The summed E-state index contributed by atoms with van der Waals surface area (Å²) >= 11 is 0. The topological polar surface area (TPSA) is 64.7 Å². The minimum atomic E-state index is -0.320. The van der Waals surface area contributed by atoms with Crippen LogP contribution in [-0.4, -0.2) is 58.3 Å². The molecule has 7 heteroatoms. The van der Waals surface area contributed by atoms with Gasteiger partial charge in [-0.2, -0.15) is 0 Å². The number of quaternary nitrogens is 2. The number of ether oxygens (including phenoxy) is 2. The number of rotatable bonds is 6. The minimum Gasteiger partial charge on any atom is -0.497 e. The number of nitrogens with zero attached hydrogens (tertiary/aromatic N) is 1. The molecule has 2 heterocycles. The monoisotopic (exact) mass is 425 g/mol. The Kier molecular flexibility index (Phi) is 6.25. The smallest absolute Gasteiger partial charge is 0.292 e. The fourth-order valence-corrected chi connectivity index (χ4v) is 4.73. The van der Waals surface area contributed by atoms with Crippen LogP contribution in [-0.2, 0) is 16.1 Å². The van der Waals surface area contributed by atoms with Crippen LogP contribution in [0.5, 0.6) is 11.5 Å². The number of piperazine rings is 1. The Balaban J connectivity index is 1.42. The number of carbonyl (C=O) groups is 2. The maximum Gasteiger partial charge on any atom is 0.292 e. The highest BCUT2D eigenvalue weighted by atomic mass is 16.5. The first-order valence-electron chi connectivity index (χ1n) is 10.8. The van der Waals surface area contributed by atoms with Gasteiger partial charge in [0.2, 0.25) is 5.91 Å². The lowest BCUT2D eigenvalue weighted by Gasteiger charge is -2.32. The molecule has 0 aliphatic carbocycles. The Labute approximate surface area is 183 Å². The normalized spacial score (nSPS) is 23.8. The average molecular weight is 426 g/mol. The quantitative estimate of drug-likeness (QED) is 0.620. The Morgan fingerprint density at radius 1 is 1.00 bits per heavy atom. The van der Waals surface area contributed by atoms with Gasteiger partial charge in [0.25, 0.3) is 5.91 Å². The first kappa shape index (κ1) is 21.3. The van der Waals surface area contributed by atoms with Crippen molar-refractivity contribution in [1.82, 2.24) is 0 Å². The number of amides is 2. The predicted molar refractivity (Wildman–Crippen MR) is 117 cm³/mol. The fourth-order valence-electron chi connectivity index (χ4n) is 4.73. The summed E-state index contributed by atoms with van der Waals surface area (Å²) in [5, 5.41) is 0. The number of imide groups is 1. The third-order valence-electron chi connectivity index (χ3n) is 6.40. The van der Waals surface area contributed by atoms with Gasteiger partial charge in [0.05, 0.1) is 26.3 Å². The molecular formula is C24H31N3O4+2. The molecule has 0 bridgehead atoms. The predicted octanol–water partition coefficient (Wildman–Crippen LogP) is -0.372. The molecule has 2 fully saturated rings. The van der Waals surface area contributed by atoms with E-state index in [-0.39, 0.29) is 24.3 Å². The van der Waals surface area contributed by atoms with E-state index in [9.17, 15) is 9.59 Å². The van der Waals surface area contributed by atoms with E-state index in [4.69, 9.17) is 9.47 Å². The molecule has 31 heavy (non-hydrogen) atoms. The molecule has 0 unspecified atom stereocenters. The first-order chi connectivity index (χ1) is 15.0. The molecule has 2 saturated heterocycles. The van der Waals surface area contributed by atoms with Crippen LogP contribution in [0.15, 0.2) is 42.5 Å². The summed E-state index contributed by atoms with van der Waals surface area (Å²) in [6.07, 6.45) is 0.247. The lowest BCUT2D eigenvalue weighted by atomic mass is 10.1. The minimum absolute atomic E-state index is 0.134.